The zero-order chi connectivity index (χ0) is 48.2. The molecule has 392 valence electrons. The van der Waals surface area contributed by atoms with Crippen molar-refractivity contribution in [2.45, 2.75) is 343 Å². The van der Waals surface area contributed by atoms with Crippen LogP contribution in [0.5, 0.6) is 0 Å². The average molecular weight is 934 g/mol. The van der Waals surface area contributed by atoms with Crippen molar-refractivity contribution in [2.24, 2.45) is 11.8 Å². The molecule has 0 saturated carbocycles. The minimum atomic E-state index is -0.763. The fourth-order valence-corrected chi connectivity index (χ4v) is 9.23. The summed E-state index contributed by atoms with van der Waals surface area (Å²) in [4.78, 5) is 38.1. The van der Waals surface area contributed by atoms with E-state index in [4.69, 9.17) is 14.2 Å². The van der Waals surface area contributed by atoms with Crippen molar-refractivity contribution in [1.82, 2.24) is 0 Å². The normalized spacial score (nSPS) is 12.0. The second-order valence-electron chi connectivity index (χ2n) is 21.6. The van der Waals surface area contributed by atoms with Gasteiger partial charge in [-0.25, -0.2) is 0 Å². The molecule has 0 aromatic rings. The van der Waals surface area contributed by atoms with Gasteiger partial charge in [0.25, 0.3) is 0 Å². The lowest BCUT2D eigenvalue weighted by Gasteiger charge is -2.18. The third kappa shape index (κ3) is 53.4. The van der Waals surface area contributed by atoms with E-state index in [0.717, 1.165) is 69.6 Å². The zero-order valence-corrected chi connectivity index (χ0v) is 45.3. The highest BCUT2D eigenvalue weighted by atomic mass is 16.6. The molecule has 0 unspecified atom stereocenters. The van der Waals surface area contributed by atoms with Crippen LogP contribution in [-0.2, 0) is 28.6 Å². The Bertz CT molecular complexity index is 1010. The first kappa shape index (κ1) is 64.4. The van der Waals surface area contributed by atoms with Crippen LogP contribution >= 0.6 is 0 Å². The van der Waals surface area contributed by atoms with E-state index < -0.39 is 6.10 Å². The van der Waals surface area contributed by atoms with Crippen molar-refractivity contribution < 1.29 is 28.6 Å². The van der Waals surface area contributed by atoms with Gasteiger partial charge in [-0.15, -0.1) is 0 Å². The monoisotopic (exact) mass is 933 g/mol. The molecule has 0 saturated heterocycles. The molecule has 0 bridgehead atoms. The van der Waals surface area contributed by atoms with Gasteiger partial charge in [0.05, 0.1) is 0 Å². The van der Waals surface area contributed by atoms with Gasteiger partial charge >= 0.3 is 17.9 Å². The second-order valence-corrected chi connectivity index (χ2v) is 21.6. The molecular formula is C60H116O6. The van der Waals surface area contributed by atoms with E-state index in [2.05, 4.69) is 34.6 Å². The lowest BCUT2D eigenvalue weighted by Crippen LogP contribution is -2.30. The van der Waals surface area contributed by atoms with Crippen molar-refractivity contribution in [1.29, 1.82) is 0 Å². The van der Waals surface area contributed by atoms with Gasteiger partial charge in [0.1, 0.15) is 13.2 Å². The third-order valence-corrected chi connectivity index (χ3v) is 13.7. The molecule has 0 N–H and O–H groups in total. The third-order valence-electron chi connectivity index (χ3n) is 13.7. The minimum absolute atomic E-state index is 0.0625. The average Bonchev–Trinajstić information content (AvgIpc) is 3.29. The van der Waals surface area contributed by atoms with E-state index in [-0.39, 0.29) is 31.1 Å². The van der Waals surface area contributed by atoms with Crippen LogP contribution in [0.25, 0.3) is 0 Å². The summed E-state index contributed by atoms with van der Waals surface area (Å²) in [7, 11) is 0. The van der Waals surface area contributed by atoms with Crippen LogP contribution in [0.2, 0.25) is 0 Å². The van der Waals surface area contributed by atoms with Crippen molar-refractivity contribution in [2.75, 3.05) is 13.2 Å². The lowest BCUT2D eigenvalue weighted by atomic mass is 10.0. The molecule has 0 aromatic carbocycles. The Morgan fingerprint density at radius 3 is 0.742 bits per heavy atom. The highest BCUT2D eigenvalue weighted by molar-refractivity contribution is 5.71. The Balaban J connectivity index is 4.26. The van der Waals surface area contributed by atoms with Crippen molar-refractivity contribution in [3.63, 3.8) is 0 Å². The fraction of sp³-hybridized carbons (Fsp3) is 0.950. The van der Waals surface area contributed by atoms with Gasteiger partial charge in [-0.1, -0.05) is 298 Å². The number of unbranched alkanes of at least 4 members (excludes halogenated alkanes) is 39. The first-order valence-electron chi connectivity index (χ1n) is 29.7. The fourth-order valence-electron chi connectivity index (χ4n) is 9.23. The Morgan fingerprint density at radius 1 is 0.288 bits per heavy atom. The molecule has 0 aliphatic rings. The van der Waals surface area contributed by atoms with Crippen LogP contribution < -0.4 is 0 Å². The van der Waals surface area contributed by atoms with Gasteiger partial charge < -0.3 is 14.2 Å². The van der Waals surface area contributed by atoms with E-state index in [9.17, 15) is 14.4 Å². The topological polar surface area (TPSA) is 78.9 Å². The number of esters is 3. The quantitative estimate of drug-likeness (QED) is 0.0343. The predicted octanol–water partition coefficient (Wildman–Crippen LogP) is 19.7. The minimum Gasteiger partial charge on any atom is -0.462 e. The summed E-state index contributed by atoms with van der Waals surface area (Å²) in [5, 5.41) is 0. The van der Waals surface area contributed by atoms with Gasteiger partial charge in [-0.3, -0.25) is 14.4 Å². The van der Waals surface area contributed by atoms with E-state index in [0.29, 0.717) is 19.3 Å². The molecule has 0 aliphatic carbocycles. The molecule has 0 amide bonds. The number of ether oxygens (including phenoxy) is 3. The highest BCUT2D eigenvalue weighted by Gasteiger charge is 2.19. The first-order valence-corrected chi connectivity index (χ1v) is 29.7. The summed E-state index contributed by atoms with van der Waals surface area (Å²) in [5.41, 5.74) is 0. The summed E-state index contributed by atoms with van der Waals surface area (Å²) in [5.74, 6) is 0.839. The van der Waals surface area contributed by atoms with E-state index in [1.54, 1.807) is 0 Å². The van der Waals surface area contributed by atoms with Gasteiger partial charge in [-0.2, -0.15) is 0 Å². The Kier molecular flexibility index (Phi) is 51.5. The largest absolute Gasteiger partial charge is 0.462 e. The van der Waals surface area contributed by atoms with Crippen molar-refractivity contribution in [3.05, 3.63) is 0 Å². The van der Waals surface area contributed by atoms with Gasteiger partial charge in [-0.05, 0) is 31.1 Å². The molecule has 0 rings (SSSR count). The lowest BCUT2D eigenvalue weighted by molar-refractivity contribution is -0.167. The van der Waals surface area contributed by atoms with E-state index in [1.165, 1.54) is 225 Å². The molecule has 0 aromatic heterocycles. The second kappa shape index (κ2) is 52.8. The standard InChI is InChI=1S/C60H116O6/c1-6-7-8-9-10-11-12-13-21-24-30-35-40-45-50-58(61)64-53-57(54-65-59(62)51-46-41-36-31-27-26-29-34-39-44-49-56(4)5)66-60(63)52-47-42-37-32-25-22-19-17-15-14-16-18-20-23-28-33-38-43-48-55(2)3/h55-57H,6-54H2,1-5H3/t57-/m1/s1. The molecule has 1 atom stereocenters. The van der Waals surface area contributed by atoms with Crippen LogP contribution in [0.4, 0.5) is 0 Å². The number of carbonyl (C=O) groups is 3. The number of hydrogen-bond acceptors (Lipinski definition) is 6. The Labute approximate surface area is 412 Å². The smallest absolute Gasteiger partial charge is 0.306 e. The summed E-state index contributed by atoms with van der Waals surface area (Å²) in [6.45, 7) is 11.4. The van der Waals surface area contributed by atoms with E-state index in [1.807, 2.05) is 0 Å². The summed E-state index contributed by atoms with van der Waals surface area (Å²) in [6.07, 6.45) is 56.7. The van der Waals surface area contributed by atoms with Gasteiger partial charge in [0.2, 0.25) is 0 Å². The van der Waals surface area contributed by atoms with Crippen molar-refractivity contribution in [3.8, 4) is 0 Å². The Morgan fingerprint density at radius 2 is 0.500 bits per heavy atom. The molecule has 0 aliphatic heterocycles. The molecule has 6 nitrogen and oxygen atoms in total. The van der Waals surface area contributed by atoms with E-state index >= 15 is 0 Å². The van der Waals surface area contributed by atoms with Crippen LogP contribution in [0.3, 0.4) is 0 Å². The highest BCUT2D eigenvalue weighted by Crippen LogP contribution is 2.18. The van der Waals surface area contributed by atoms with Crippen LogP contribution in [0.15, 0.2) is 0 Å². The maximum Gasteiger partial charge on any atom is 0.306 e. The molecular weight excluding hydrogens is 817 g/mol. The maximum atomic E-state index is 12.9. The molecule has 6 heteroatoms. The van der Waals surface area contributed by atoms with Gasteiger partial charge in [0.15, 0.2) is 6.10 Å². The molecule has 0 fully saturated rings. The first-order chi connectivity index (χ1) is 32.2. The number of carbonyl (C=O) groups excluding carboxylic acids is 3. The Hall–Kier alpha value is -1.59. The SMILES string of the molecule is CCCCCCCCCCCCCCCCC(=O)OC[C@H](COC(=O)CCCCCCCCCCCCC(C)C)OC(=O)CCCCCCCCCCCCCCCCCCCCC(C)C. The maximum absolute atomic E-state index is 12.9. The van der Waals surface area contributed by atoms with Crippen LogP contribution in [0.1, 0.15) is 336 Å². The van der Waals surface area contributed by atoms with Gasteiger partial charge in [0, 0.05) is 19.3 Å². The molecule has 0 heterocycles. The summed E-state index contributed by atoms with van der Waals surface area (Å²) in [6, 6.07) is 0. The predicted molar refractivity (Wildman–Crippen MR) is 284 cm³/mol. The molecule has 0 radical (unpaired) electrons. The van der Waals surface area contributed by atoms with Crippen LogP contribution in [0, 0.1) is 11.8 Å². The van der Waals surface area contributed by atoms with Crippen molar-refractivity contribution >= 4 is 17.9 Å². The summed E-state index contributed by atoms with van der Waals surface area (Å²) >= 11 is 0. The molecule has 0 spiro atoms. The number of hydrogen-bond donors (Lipinski definition) is 0. The molecule has 66 heavy (non-hydrogen) atoms. The van der Waals surface area contributed by atoms with Crippen LogP contribution in [-0.4, -0.2) is 37.2 Å². The summed E-state index contributed by atoms with van der Waals surface area (Å²) < 4.78 is 16.9. The zero-order valence-electron chi connectivity index (χ0n) is 45.3. The number of rotatable bonds is 54.